The summed E-state index contributed by atoms with van der Waals surface area (Å²) in [6.07, 6.45) is -3.82. The van der Waals surface area contributed by atoms with Crippen LogP contribution in [0.2, 0.25) is 0 Å². The van der Waals surface area contributed by atoms with E-state index in [4.69, 9.17) is 5.26 Å². The van der Waals surface area contributed by atoms with E-state index in [1.807, 2.05) is 6.07 Å². The van der Waals surface area contributed by atoms with Crippen LogP contribution in [0.5, 0.6) is 0 Å². The number of nitrogens with zero attached hydrogens (tertiary/aromatic N) is 3. The van der Waals surface area contributed by atoms with Crippen LogP contribution < -0.4 is 5.32 Å². The van der Waals surface area contributed by atoms with Crippen molar-refractivity contribution in [1.29, 1.82) is 5.26 Å². The number of nitriles is 1. The maximum Gasteiger partial charge on any atom is 0.416 e. The Balaban J connectivity index is 1.49. The van der Waals surface area contributed by atoms with E-state index in [1.165, 1.54) is 41.3 Å². The summed E-state index contributed by atoms with van der Waals surface area (Å²) >= 11 is 0. The first-order valence-electron chi connectivity index (χ1n) is 11.8. The molecule has 2 atom stereocenters. The number of hydrogen-bond donors (Lipinski definition) is 2. The van der Waals surface area contributed by atoms with Gasteiger partial charge in [0.05, 0.1) is 35.1 Å². The molecule has 0 aromatic heterocycles. The van der Waals surface area contributed by atoms with Crippen LogP contribution in [0.1, 0.15) is 40.4 Å². The molecule has 2 aromatic carbocycles. The highest BCUT2D eigenvalue weighted by Gasteiger charge is 2.39. The van der Waals surface area contributed by atoms with Gasteiger partial charge in [-0.1, -0.05) is 18.2 Å². The van der Waals surface area contributed by atoms with Crippen LogP contribution in [0.4, 0.5) is 13.2 Å². The number of benzene rings is 2. The monoisotopic (exact) mass is 550 g/mol. The van der Waals surface area contributed by atoms with Crippen molar-refractivity contribution in [3.05, 3.63) is 65.2 Å². The van der Waals surface area contributed by atoms with E-state index in [0.717, 1.165) is 16.4 Å². The van der Waals surface area contributed by atoms with Crippen LogP contribution in [0.15, 0.2) is 53.4 Å². The maximum absolute atomic E-state index is 13.3. The third kappa shape index (κ3) is 5.52. The molecule has 2 heterocycles. The molecule has 2 aromatic rings. The average molecular weight is 551 g/mol. The Kier molecular flexibility index (Phi) is 7.78. The van der Waals surface area contributed by atoms with E-state index in [1.54, 1.807) is 0 Å². The maximum atomic E-state index is 13.3. The fraction of sp³-hybridized carbons (Fsp3) is 0.400. The number of sulfonamides is 1. The second-order valence-corrected chi connectivity index (χ2v) is 11.1. The molecule has 2 aliphatic heterocycles. The highest BCUT2D eigenvalue weighted by Crippen LogP contribution is 2.31. The Bertz CT molecular complexity index is 1370. The molecular formula is C25H25F3N4O5S. The molecule has 2 N–H and O–H groups in total. The summed E-state index contributed by atoms with van der Waals surface area (Å²) in [5.74, 6) is -1.59. The molecule has 38 heavy (non-hydrogen) atoms. The topological polar surface area (TPSA) is 131 Å². The number of rotatable bonds is 7. The highest BCUT2D eigenvalue weighted by atomic mass is 32.2. The van der Waals surface area contributed by atoms with Gasteiger partial charge in [-0.3, -0.25) is 9.59 Å². The van der Waals surface area contributed by atoms with Crippen molar-refractivity contribution in [2.24, 2.45) is 5.92 Å². The molecule has 13 heteroatoms. The summed E-state index contributed by atoms with van der Waals surface area (Å²) in [6.45, 7) is -0.291. The van der Waals surface area contributed by atoms with Crippen molar-refractivity contribution >= 4 is 21.8 Å². The number of carbonyl (C=O) groups is 2. The Morgan fingerprint density at radius 2 is 1.87 bits per heavy atom. The predicted molar refractivity (Wildman–Crippen MR) is 128 cm³/mol. The second kappa shape index (κ2) is 10.7. The van der Waals surface area contributed by atoms with E-state index in [-0.39, 0.29) is 41.6 Å². The number of alkyl halides is 3. The van der Waals surface area contributed by atoms with Crippen LogP contribution in [-0.4, -0.2) is 66.8 Å². The number of amides is 2. The third-order valence-corrected chi connectivity index (χ3v) is 8.51. The zero-order valence-corrected chi connectivity index (χ0v) is 20.9. The van der Waals surface area contributed by atoms with E-state index < -0.39 is 52.3 Å². The number of halogens is 3. The molecule has 0 spiro atoms. The minimum atomic E-state index is -4.59. The standard InChI is InChI=1S/C25H25F3N4O5S/c26-25(27,28)19-6-1-4-17(10-19)21(15-33)30-23(34)22-8-3-9-32(22)24(35)18-5-2-7-20(11-18)38(36,37)31-13-16(12-29)14-31/h1-2,4-7,10-11,16,21-22,33H,3,8-9,13-15H2,(H,30,34)/t21-,22-/m1/s1. The summed E-state index contributed by atoms with van der Waals surface area (Å²) in [6, 6.07) is 9.63. The van der Waals surface area contributed by atoms with E-state index >= 15 is 0 Å². The number of hydrogen-bond acceptors (Lipinski definition) is 6. The lowest BCUT2D eigenvalue weighted by molar-refractivity contribution is -0.137. The van der Waals surface area contributed by atoms with Crippen LogP contribution in [-0.2, 0) is 21.0 Å². The number of likely N-dealkylation sites (tertiary alicyclic amines) is 1. The van der Waals surface area contributed by atoms with Crippen molar-refractivity contribution in [3.8, 4) is 6.07 Å². The quantitative estimate of drug-likeness (QED) is 0.544. The van der Waals surface area contributed by atoms with Gasteiger partial charge in [0.2, 0.25) is 15.9 Å². The van der Waals surface area contributed by atoms with E-state index in [9.17, 15) is 36.3 Å². The van der Waals surface area contributed by atoms with Gasteiger partial charge in [0.1, 0.15) is 6.04 Å². The first-order chi connectivity index (χ1) is 18.0. The van der Waals surface area contributed by atoms with Gasteiger partial charge >= 0.3 is 6.18 Å². The fourth-order valence-corrected chi connectivity index (χ4v) is 6.11. The molecule has 4 rings (SSSR count). The zero-order chi connectivity index (χ0) is 27.7. The van der Waals surface area contributed by atoms with E-state index in [0.29, 0.717) is 12.8 Å². The van der Waals surface area contributed by atoms with Crippen molar-refractivity contribution in [3.63, 3.8) is 0 Å². The lowest BCUT2D eigenvalue weighted by Gasteiger charge is -2.34. The minimum absolute atomic E-state index is 0.0553. The summed E-state index contributed by atoms with van der Waals surface area (Å²) in [4.78, 5) is 27.5. The number of aliphatic hydroxyl groups excluding tert-OH is 1. The molecule has 0 aliphatic carbocycles. The number of aliphatic hydroxyl groups is 1. The largest absolute Gasteiger partial charge is 0.416 e. The smallest absolute Gasteiger partial charge is 0.394 e. The molecule has 0 saturated carbocycles. The van der Waals surface area contributed by atoms with Crippen molar-refractivity contribution in [2.45, 2.75) is 36.0 Å². The van der Waals surface area contributed by atoms with Gasteiger partial charge in [0.25, 0.3) is 5.91 Å². The third-order valence-electron chi connectivity index (χ3n) is 6.68. The van der Waals surface area contributed by atoms with E-state index in [2.05, 4.69) is 5.32 Å². The summed E-state index contributed by atoms with van der Waals surface area (Å²) in [7, 11) is -3.89. The second-order valence-electron chi connectivity index (χ2n) is 9.20. The molecule has 0 unspecified atom stereocenters. The molecular weight excluding hydrogens is 525 g/mol. The van der Waals surface area contributed by atoms with Crippen LogP contribution in [0.25, 0.3) is 0 Å². The molecule has 2 saturated heterocycles. The van der Waals surface area contributed by atoms with Crippen LogP contribution >= 0.6 is 0 Å². The van der Waals surface area contributed by atoms with Gasteiger partial charge < -0.3 is 15.3 Å². The van der Waals surface area contributed by atoms with Gasteiger partial charge in [-0.25, -0.2) is 8.42 Å². The molecule has 2 amide bonds. The predicted octanol–water partition coefficient (Wildman–Crippen LogP) is 2.30. The summed E-state index contributed by atoms with van der Waals surface area (Å²) in [5.41, 5.74) is -0.801. The van der Waals surface area contributed by atoms with Gasteiger partial charge in [-0.15, -0.1) is 0 Å². The first kappa shape index (κ1) is 27.6. The van der Waals surface area contributed by atoms with Gasteiger partial charge in [0.15, 0.2) is 0 Å². The normalized spacial score (nSPS) is 19.4. The Labute approximate surface area is 217 Å². The first-order valence-corrected chi connectivity index (χ1v) is 13.3. The van der Waals surface area contributed by atoms with Gasteiger partial charge in [0, 0.05) is 25.2 Å². The lowest BCUT2D eigenvalue weighted by Crippen LogP contribution is -2.49. The molecule has 2 aliphatic rings. The molecule has 2 fully saturated rings. The highest BCUT2D eigenvalue weighted by molar-refractivity contribution is 7.89. The summed E-state index contributed by atoms with van der Waals surface area (Å²) < 4.78 is 66.2. The molecule has 0 bridgehead atoms. The zero-order valence-electron chi connectivity index (χ0n) is 20.1. The Morgan fingerprint density at radius 1 is 1.16 bits per heavy atom. The SMILES string of the molecule is N#CC1CN(S(=O)(=O)c2cccc(C(=O)N3CCC[C@@H]3C(=O)N[C@H](CO)c3cccc(C(F)(F)F)c3)c2)C1. The summed E-state index contributed by atoms with van der Waals surface area (Å²) in [5, 5.41) is 21.2. The fourth-order valence-electron chi connectivity index (χ4n) is 4.54. The lowest BCUT2D eigenvalue weighted by atomic mass is 10.0. The van der Waals surface area contributed by atoms with Gasteiger partial charge in [-0.05, 0) is 48.7 Å². The van der Waals surface area contributed by atoms with Crippen molar-refractivity contribution < 1.29 is 36.3 Å². The van der Waals surface area contributed by atoms with Crippen molar-refractivity contribution in [1.82, 2.24) is 14.5 Å². The number of carbonyl (C=O) groups excluding carboxylic acids is 2. The Morgan fingerprint density at radius 3 is 2.53 bits per heavy atom. The van der Waals surface area contributed by atoms with Gasteiger partial charge in [-0.2, -0.15) is 22.7 Å². The molecule has 0 radical (unpaired) electrons. The minimum Gasteiger partial charge on any atom is -0.394 e. The van der Waals surface area contributed by atoms with Crippen LogP contribution in [0, 0.1) is 17.2 Å². The van der Waals surface area contributed by atoms with Crippen molar-refractivity contribution in [2.75, 3.05) is 26.2 Å². The number of nitrogens with one attached hydrogen (secondary N) is 1. The molecule has 9 nitrogen and oxygen atoms in total. The molecule has 202 valence electrons. The average Bonchev–Trinajstić information content (AvgIpc) is 3.36. The van der Waals surface area contributed by atoms with Crippen LogP contribution in [0.3, 0.4) is 0 Å². The Hall–Kier alpha value is -3.47.